The zero-order chi connectivity index (χ0) is 32.3. The first kappa shape index (κ1) is 34.2. The first-order chi connectivity index (χ1) is 19.8. The van der Waals surface area contributed by atoms with Crippen molar-refractivity contribution < 1.29 is 31.2 Å². The predicted octanol–water partition coefficient (Wildman–Crippen LogP) is 6.85. The topological polar surface area (TPSA) is 86.8 Å². The molecule has 0 aromatic heterocycles. The van der Waals surface area contributed by atoms with E-state index in [-0.39, 0.29) is 11.4 Å². The molecule has 2 amide bonds. The van der Waals surface area contributed by atoms with Crippen molar-refractivity contribution in [3.63, 3.8) is 0 Å². The van der Waals surface area contributed by atoms with E-state index in [1.807, 2.05) is 0 Å². The van der Waals surface area contributed by atoms with Gasteiger partial charge in [0.1, 0.15) is 12.6 Å². The molecular weight excluding hydrogens is 626 g/mol. The van der Waals surface area contributed by atoms with E-state index in [2.05, 4.69) is 5.32 Å². The Hall–Kier alpha value is -3.28. The van der Waals surface area contributed by atoms with Crippen LogP contribution in [-0.2, 0) is 32.3 Å². The van der Waals surface area contributed by atoms with Gasteiger partial charge in [0, 0.05) is 17.1 Å². The minimum absolute atomic E-state index is 0.134. The molecule has 0 fully saturated rings. The Morgan fingerprint density at radius 3 is 2.14 bits per heavy atom. The fraction of sp³-hybridized carbons (Fsp3) is 0.333. The summed E-state index contributed by atoms with van der Waals surface area (Å²) in [7, 11) is -4.58. The van der Waals surface area contributed by atoms with Gasteiger partial charge < -0.3 is 10.2 Å². The van der Waals surface area contributed by atoms with Crippen molar-refractivity contribution in [2.75, 3.05) is 10.8 Å². The second kappa shape index (κ2) is 13.2. The van der Waals surface area contributed by atoms with E-state index in [9.17, 15) is 31.2 Å². The third-order valence-electron chi connectivity index (χ3n) is 6.34. The summed E-state index contributed by atoms with van der Waals surface area (Å²) >= 11 is 11.9. The number of benzene rings is 3. The molecule has 0 saturated carbocycles. The van der Waals surface area contributed by atoms with E-state index in [1.165, 1.54) is 31.2 Å². The lowest BCUT2D eigenvalue weighted by Gasteiger charge is -2.33. The lowest BCUT2D eigenvalue weighted by Crippen LogP contribution is -2.54. The number of carbonyl (C=O) groups is 2. The molecule has 13 heteroatoms. The first-order valence-electron chi connectivity index (χ1n) is 13.1. The van der Waals surface area contributed by atoms with Gasteiger partial charge in [0.2, 0.25) is 11.8 Å². The van der Waals surface area contributed by atoms with Crippen LogP contribution in [0.15, 0.2) is 71.6 Å². The van der Waals surface area contributed by atoms with Crippen LogP contribution in [0.4, 0.5) is 18.9 Å². The molecule has 1 N–H and O–H groups in total. The number of carbonyl (C=O) groups excluding carboxylic acids is 2. The maximum absolute atomic E-state index is 14.0. The van der Waals surface area contributed by atoms with Crippen LogP contribution in [0.5, 0.6) is 0 Å². The Balaban J connectivity index is 2.13. The highest BCUT2D eigenvalue weighted by Gasteiger charge is 2.37. The Labute approximate surface area is 259 Å². The summed E-state index contributed by atoms with van der Waals surface area (Å²) in [5.41, 5.74) is -1.04. The van der Waals surface area contributed by atoms with Crippen LogP contribution in [0.2, 0.25) is 10.0 Å². The summed E-state index contributed by atoms with van der Waals surface area (Å²) in [5.74, 6) is -1.35. The summed E-state index contributed by atoms with van der Waals surface area (Å²) in [6.45, 7) is 7.45. The largest absolute Gasteiger partial charge is 0.417 e. The van der Waals surface area contributed by atoms with Crippen LogP contribution in [0.3, 0.4) is 0 Å². The van der Waals surface area contributed by atoms with E-state index in [0.29, 0.717) is 21.0 Å². The SMILES string of the molecule is Cc1ccc(S(=O)(=O)N(CC(=O)N(Cc2cccc(Cl)c2)[C@@H](C)C(=O)NC(C)(C)C)c2ccc(Cl)c(C(F)(F)F)c2)cc1. The molecule has 232 valence electrons. The van der Waals surface area contributed by atoms with Crippen molar-refractivity contribution in [1.82, 2.24) is 10.2 Å². The number of sulfonamides is 1. The minimum atomic E-state index is -4.89. The van der Waals surface area contributed by atoms with Gasteiger partial charge >= 0.3 is 6.18 Å². The standard InChI is InChI=1S/C30H32Cl2F3N3O4S/c1-19-9-12-24(13-10-19)43(41,42)38(23-11-14-26(32)25(16-23)30(33,34)35)18-27(39)37(17-21-7-6-8-22(31)15-21)20(2)28(40)36-29(3,4)5/h6-16,20H,17-18H2,1-5H3,(H,36,40)/t20-/m0/s1. The summed E-state index contributed by atoms with van der Waals surface area (Å²) in [6.07, 6.45) is -4.89. The van der Waals surface area contributed by atoms with E-state index in [0.717, 1.165) is 22.6 Å². The molecule has 0 aliphatic heterocycles. The van der Waals surface area contributed by atoms with E-state index in [4.69, 9.17) is 23.2 Å². The summed E-state index contributed by atoms with van der Waals surface area (Å²) in [4.78, 5) is 28.0. The Kier molecular flexibility index (Phi) is 10.5. The lowest BCUT2D eigenvalue weighted by molar-refractivity contribution is -0.140. The van der Waals surface area contributed by atoms with Gasteiger partial charge in [-0.3, -0.25) is 13.9 Å². The molecule has 3 aromatic rings. The molecular formula is C30H32Cl2F3N3O4S. The molecule has 0 heterocycles. The highest BCUT2D eigenvalue weighted by Crippen LogP contribution is 2.38. The number of rotatable bonds is 9. The molecule has 3 aromatic carbocycles. The van der Waals surface area contributed by atoms with Crippen molar-refractivity contribution in [2.24, 2.45) is 0 Å². The molecule has 43 heavy (non-hydrogen) atoms. The van der Waals surface area contributed by atoms with Gasteiger partial charge in [-0.25, -0.2) is 8.42 Å². The maximum Gasteiger partial charge on any atom is 0.417 e. The third-order valence-corrected chi connectivity index (χ3v) is 8.69. The number of hydrogen-bond acceptors (Lipinski definition) is 4. The highest BCUT2D eigenvalue weighted by molar-refractivity contribution is 7.92. The summed E-state index contributed by atoms with van der Waals surface area (Å²) < 4.78 is 69.7. The second-order valence-corrected chi connectivity index (χ2v) is 13.8. The number of halogens is 5. The van der Waals surface area contributed by atoms with Crippen molar-refractivity contribution in [1.29, 1.82) is 0 Å². The minimum Gasteiger partial charge on any atom is -0.350 e. The molecule has 1 atom stereocenters. The van der Waals surface area contributed by atoms with Gasteiger partial charge in [-0.2, -0.15) is 13.2 Å². The van der Waals surface area contributed by atoms with Crippen LogP contribution < -0.4 is 9.62 Å². The van der Waals surface area contributed by atoms with Gasteiger partial charge in [0.05, 0.1) is 21.2 Å². The predicted molar refractivity (Wildman–Crippen MR) is 162 cm³/mol. The molecule has 0 unspecified atom stereocenters. The molecule has 0 spiro atoms. The second-order valence-electron chi connectivity index (χ2n) is 11.1. The maximum atomic E-state index is 14.0. The van der Waals surface area contributed by atoms with Crippen LogP contribution in [0.25, 0.3) is 0 Å². The highest BCUT2D eigenvalue weighted by atomic mass is 35.5. The van der Waals surface area contributed by atoms with Gasteiger partial charge in [-0.1, -0.05) is 53.0 Å². The summed E-state index contributed by atoms with van der Waals surface area (Å²) in [5, 5.41) is 2.54. The smallest absolute Gasteiger partial charge is 0.350 e. The number of hydrogen-bond donors (Lipinski definition) is 1. The average Bonchev–Trinajstić information content (AvgIpc) is 2.89. The molecule has 0 radical (unpaired) electrons. The number of nitrogens with zero attached hydrogens (tertiary/aromatic N) is 2. The van der Waals surface area contributed by atoms with Crippen LogP contribution in [-0.4, -0.2) is 43.3 Å². The van der Waals surface area contributed by atoms with E-state index < -0.39 is 62.4 Å². The fourth-order valence-electron chi connectivity index (χ4n) is 4.14. The third kappa shape index (κ3) is 8.87. The van der Waals surface area contributed by atoms with Crippen molar-refractivity contribution in [3.8, 4) is 0 Å². The monoisotopic (exact) mass is 657 g/mol. The van der Waals surface area contributed by atoms with E-state index >= 15 is 0 Å². The van der Waals surface area contributed by atoms with Crippen molar-refractivity contribution in [3.05, 3.63) is 93.5 Å². The summed E-state index contributed by atoms with van der Waals surface area (Å²) in [6, 6.07) is 13.7. The van der Waals surface area contributed by atoms with Gasteiger partial charge in [-0.15, -0.1) is 0 Å². The Bertz CT molecular complexity index is 1590. The lowest BCUT2D eigenvalue weighted by atomic mass is 10.1. The zero-order valence-electron chi connectivity index (χ0n) is 24.2. The van der Waals surface area contributed by atoms with Crippen LogP contribution in [0.1, 0.15) is 44.4 Å². The normalized spacial score (nSPS) is 12.9. The molecule has 7 nitrogen and oxygen atoms in total. The van der Waals surface area contributed by atoms with Gasteiger partial charge in [0.15, 0.2) is 0 Å². The molecule has 0 aliphatic rings. The van der Waals surface area contributed by atoms with Gasteiger partial charge in [-0.05, 0) is 82.6 Å². The fourth-order valence-corrected chi connectivity index (χ4v) is 5.98. The van der Waals surface area contributed by atoms with Crippen molar-refractivity contribution in [2.45, 2.75) is 63.8 Å². The van der Waals surface area contributed by atoms with E-state index in [1.54, 1.807) is 52.0 Å². The first-order valence-corrected chi connectivity index (χ1v) is 15.3. The zero-order valence-corrected chi connectivity index (χ0v) is 26.5. The average molecular weight is 659 g/mol. The molecule has 0 bridgehead atoms. The van der Waals surface area contributed by atoms with Crippen LogP contribution >= 0.6 is 23.2 Å². The number of amides is 2. The number of alkyl halides is 3. The number of nitrogens with one attached hydrogen (secondary N) is 1. The molecule has 0 aliphatic carbocycles. The molecule has 0 saturated heterocycles. The number of aryl methyl sites for hydroxylation is 1. The van der Waals surface area contributed by atoms with Crippen LogP contribution in [0, 0.1) is 6.92 Å². The number of anilines is 1. The Morgan fingerprint density at radius 2 is 1.58 bits per heavy atom. The quantitative estimate of drug-likeness (QED) is 0.273. The van der Waals surface area contributed by atoms with Crippen molar-refractivity contribution >= 4 is 50.7 Å². The van der Waals surface area contributed by atoms with Gasteiger partial charge in [0.25, 0.3) is 10.0 Å². The Morgan fingerprint density at radius 1 is 0.953 bits per heavy atom. The molecule has 3 rings (SSSR count).